The van der Waals surface area contributed by atoms with Crippen LogP contribution < -0.4 is 10.1 Å². The summed E-state index contributed by atoms with van der Waals surface area (Å²) in [5.74, 6) is 0.733. The molecule has 0 aliphatic rings. The first-order chi connectivity index (χ1) is 9.70. The molecule has 2 aromatic heterocycles. The second kappa shape index (κ2) is 7.31. The average Bonchev–Trinajstić information content (AvgIpc) is 2.92. The van der Waals surface area contributed by atoms with Gasteiger partial charge in [-0.05, 0) is 19.0 Å². The zero-order valence-electron chi connectivity index (χ0n) is 12.1. The molecular formula is C14H20N4OS. The van der Waals surface area contributed by atoms with E-state index in [2.05, 4.69) is 34.3 Å². The van der Waals surface area contributed by atoms with Crippen molar-refractivity contribution in [3.05, 3.63) is 23.5 Å². The van der Waals surface area contributed by atoms with Crippen LogP contribution in [0.1, 0.15) is 25.3 Å². The normalized spacial score (nSPS) is 11.0. The molecule has 5 nitrogen and oxygen atoms in total. The Labute approximate surface area is 123 Å². The van der Waals surface area contributed by atoms with E-state index in [4.69, 9.17) is 4.74 Å². The molecule has 0 saturated heterocycles. The molecule has 0 unspecified atom stereocenters. The standard InChI is InChI=1S/C14H20N4OS/c1-10(2)16-7-4-5-13-17-18-14(20-13)11-6-8-15-9-12(11)19-3/h6,8-10,16H,4-5,7H2,1-3H3. The SMILES string of the molecule is COc1cnccc1-c1nnc(CCCNC(C)C)s1. The number of pyridine rings is 1. The van der Waals surface area contributed by atoms with Crippen LogP contribution in [0.15, 0.2) is 18.5 Å². The lowest BCUT2D eigenvalue weighted by Crippen LogP contribution is -2.23. The fraction of sp³-hybridized carbons (Fsp3) is 0.500. The van der Waals surface area contributed by atoms with E-state index in [9.17, 15) is 0 Å². The quantitative estimate of drug-likeness (QED) is 0.795. The van der Waals surface area contributed by atoms with Crippen molar-refractivity contribution < 1.29 is 4.74 Å². The van der Waals surface area contributed by atoms with Crippen molar-refractivity contribution >= 4 is 11.3 Å². The van der Waals surface area contributed by atoms with Crippen LogP contribution in [0.5, 0.6) is 5.75 Å². The van der Waals surface area contributed by atoms with Crippen LogP contribution in [-0.4, -0.2) is 34.9 Å². The maximum atomic E-state index is 5.30. The summed E-state index contributed by atoms with van der Waals surface area (Å²) in [6.45, 7) is 5.31. The van der Waals surface area contributed by atoms with Gasteiger partial charge in [-0.15, -0.1) is 10.2 Å². The molecular weight excluding hydrogens is 272 g/mol. The van der Waals surface area contributed by atoms with E-state index in [0.29, 0.717) is 6.04 Å². The molecule has 0 atom stereocenters. The molecule has 0 saturated carbocycles. The summed E-state index contributed by atoms with van der Waals surface area (Å²) in [7, 11) is 1.64. The molecule has 0 fully saturated rings. The number of hydrogen-bond acceptors (Lipinski definition) is 6. The summed E-state index contributed by atoms with van der Waals surface area (Å²) in [5, 5.41) is 13.8. The van der Waals surface area contributed by atoms with Crippen molar-refractivity contribution in [2.75, 3.05) is 13.7 Å². The van der Waals surface area contributed by atoms with E-state index in [1.807, 2.05) is 6.07 Å². The molecule has 0 spiro atoms. The third-order valence-electron chi connectivity index (χ3n) is 2.82. The average molecular weight is 292 g/mol. The minimum atomic E-state index is 0.529. The van der Waals surface area contributed by atoms with Gasteiger partial charge in [0.25, 0.3) is 0 Å². The molecule has 2 heterocycles. The van der Waals surface area contributed by atoms with Gasteiger partial charge < -0.3 is 10.1 Å². The van der Waals surface area contributed by atoms with Crippen LogP contribution in [0.25, 0.3) is 10.6 Å². The van der Waals surface area contributed by atoms with Gasteiger partial charge in [-0.25, -0.2) is 0 Å². The van der Waals surface area contributed by atoms with Gasteiger partial charge in [0.15, 0.2) is 5.01 Å². The van der Waals surface area contributed by atoms with E-state index in [0.717, 1.165) is 40.7 Å². The molecule has 6 heteroatoms. The third kappa shape index (κ3) is 3.98. The monoisotopic (exact) mass is 292 g/mol. The summed E-state index contributed by atoms with van der Waals surface area (Å²) in [6, 6.07) is 2.43. The minimum absolute atomic E-state index is 0.529. The second-order valence-electron chi connectivity index (χ2n) is 4.79. The molecule has 20 heavy (non-hydrogen) atoms. The molecule has 0 radical (unpaired) electrons. The Bertz CT molecular complexity index is 541. The van der Waals surface area contributed by atoms with E-state index in [1.165, 1.54) is 0 Å². The largest absolute Gasteiger partial charge is 0.494 e. The fourth-order valence-corrected chi connectivity index (χ4v) is 2.72. The number of nitrogens with zero attached hydrogens (tertiary/aromatic N) is 3. The molecule has 2 aromatic rings. The summed E-state index contributed by atoms with van der Waals surface area (Å²) >= 11 is 1.62. The maximum absolute atomic E-state index is 5.30. The van der Waals surface area contributed by atoms with Crippen molar-refractivity contribution in [2.24, 2.45) is 0 Å². The van der Waals surface area contributed by atoms with Crippen LogP contribution in [0.4, 0.5) is 0 Å². The number of aromatic nitrogens is 3. The van der Waals surface area contributed by atoms with Gasteiger partial charge in [0.05, 0.1) is 18.9 Å². The van der Waals surface area contributed by atoms with E-state index in [-0.39, 0.29) is 0 Å². The molecule has 0 aromatic carbocycles. The summed E-state index contributed by atoms with van der Waals surface area (Å²) in [4.78, 5) is 4.05. The number of hydrogen-bond donors (Lipinski definition) is 1. The molecule has 0 amide bonds. The highest BCUT2D eigenvalue weighted by Gasteiger charge is 2.11. The van der Waals surface area contributed by atoms with Crippen LogP contribution in [0, 0.1) is 0 Å². The number of ether oxygens (including phenoxy) is 1. The molecule has 0 aliphatic carbocycles. The van der Waals surface area contributed by atoms with Gasteiger partial charge in [0, 0.05) is 18.7 Å². The van der Waals surface area contributed by atoms with Crippen molar-refractivity contribution in [3.63, 3.8) is 0 Å². The Morgan fingerprint density at radius 2 is 2.20 bits per heavy atom. The van der Waals surface area contributed by atoms with E-state index < -0.39 is 0 Å². The van der Waals surface area contributed by atoms with Crippen LogP contribution in [-0.2, 0) is 6.42 Å². The Morgan fingerprint density at radius 3 is 2.95 bits per heavy atom. The van der Waals surface area contributed by atoms with Crippen LogP contribution in [0.2, 0.25) is 0 Å². The number of rotatable bonds is 7. The highest BCUT2D eigenvalue weighted by atomic mass is 32.1. The first-order valence-electron chi connectivity index (χ1n) is 6.75. The zero-order valence-corrected chi connectivity index (χ0v) is 12.9. The van der Waals surface area contributed by atoms with Crippen LogP contribution >= 0.6 is 11.3 Å². The minimum Gasteiger partial charge on any atom is -0.494 e. The first kappa shape index (κ1) is 14.9. The van der Waals surface area contributed by atoms with E-state index in [1.54, 1.807) is 30.8 Å². The molecule has 2 rings (SSSR count). The van der Waals surface area contributed by atoms with Gasteiger partial charge in [-0.2, -0.15) is 0 Å². The van der Waals surface area contributed by atoms with Gasteiger partial charge >= 0.3 is 0 Å². The Morgan fingerprint density at radius 1 is 1.35 bits per heavy atom. The Balaban J connectivity index is 1.98. The fourth-order valence-electron chi connectivity index (χ4n) is 1.81. The summed E-state index contributed by atoms with van der Waals surface area (Å²) in [5.41, 5.74) is 0.951. The molecule has 1 N–H and O–H groups in total. The highest BCUT2D eigenvalue weighted by molar-refractivity contribution is 7.14. The van der Waals surface area contributed by atoms with Crippen LogP contribution in [0.3, 0.4) is 0 Å². The summed E-state index contributed by atoms with van der Waals surface area (Å²) in [6.07, 6.45) is 5.46. The maximum Gasteiger partial charge on any atom is 0.151 e. The lowest BCUT2D eigenvalue weighted by atomic mass is 10.2. The molecule has 108 valence electrons. The smallest absolute Gasteiger partial charge is 0.151 e. The second-order valence-corrected chi connectivity index (χ2v) is 5.85. The Hall–Kier alpha value is -1.53. The lowest BCUT2D eigenvalue weighted by molar-refractivity contribution is 0.414. The topological polar surface area (TPSA) is 59.9 Å². The zero-order chi connectivity index (χ0) is 14.4. The number of aryl methyl sites for hydroxylation is 1. The number of nitrogens with one attached hydrogen (secondary N) is 1. The van der Waals surface area contributed by atoms with Crippen molar-refractivity contribution in [2.45, 2.75) is 32.7 Å². The van der Waals surface area contributed by atoms with E-state index >= 15 is 0 Å². The van der Waals surface area contributed by atoms with Crippen molar-refractivity contribution in [3.8, 4) is 16.3 Å². The predicted molar refractivity (Wildman–Crippen MR) is 81.2 cm³/mol. The first-order valence-corrected chi connectivity index (χ1v) is 7.56. The molecule has 0 bridgehead atoms. The lowest BCUT2D eigenvalue weighted by Gasteiger charge is -2.05. The summed E-state index contributed by atoms with van der Waals surface area (Å²) < 4.78 is 5.30. The third-order valence-corrected chi connectivity index (χ3v) is 3.84. The van der Waals surface area contributed by atoms with Gasteiger partial charge in [-0.1, -0.05) is 25.2 Å². The van der Waals surface area contributed by atoms with Crippen molar-refractivity contribution in [1.29, 1.82) is 0 Å². The molecule has 0 aliphatic heterocycles. The predicted octanol–water partition coefficient (Wildman–Crippen LogP) is 2.54. The van der Waals surface area contributed by atoms with Gasteiger partial charge in [-0.3, -0.25) is 4.98 Å². The highest BCUT2D eigenvalue weighted by Crippen LogP contribution is 2.31. The number of methoxy groups -OCH3 is 1. The van der Waals surface area contributed by atoms with Gasteiger partial charge in [0.2, 0.25) is 0 Å². The van der Waals surface area contributed by atoms with Crippen molar-refractivity contribution in [1.82, 2.24) is 20.5 Å². The van der Waals surface area contributed by atoms with Gasteiger partial charge in [0.1, 0.15) is 10.8 Å². The Kier molecular flexibility index (Phi) is 5.43.